The lowest BCUT2D eigenvalue weighted by atomic mass is 10.5. The van der Waals surface area contributed by atoms with Crippen LogP contribution in [-0.4, -0.2) is 44.4 Å². The number of hydrogen-bond donors (Lipinski definition) is 0. The number of hydrogen-bond acceptors (Lipinski definition) is 7. The van der Waals surface area contributed by atoms with E-state index >= 15 is 0 Å². The monoisotopic (exact) mass is 289 g/mol. The first-order valence-electron chi connectivity index (χ1n) is 4.80. The molecule has 1 heterocycles. The number of thiazole rings is 1. The van der Waals surface area contributed by atoms with Crippen molar-refractivity contribution in [3.8, 4) is 6.07 Å². The number of methoxy groups -OCH3 is 1. The number of sulfonamides is 1. The summed E-state index contributed by atoms with van der Waals surface area (Å²) in [7, 11) is -1.33. The molecule has 0 aliphatic rings. The van der Waals surface area contributed by atoms with Crippen LogP contribution in [0.4, 0.5) is 0 Å². The summed E-state index contributed by atoms with van der Waals surface area (Å²) >= 11 is 0.837. The number of nitriles is 1. The Kier molecular flexibility index (Phi) is 4.77. The highest BCUT2D eigenvalue weighted by Gasteiger charge is 2.29. The molecule has 98 valence electrons. The summed E-state index contributed by atoms with van der Waals surface area (Å²) < 4.78 is 29.5. The lowest BCUT2D eigenvalue weighted by molar-refractivity contribution is 0.0590. The average Bonchev–Trinajstić information content (AvgIpc) is 2.84. The molecule has 0 spiro atoms. The highest BCUT2D eigenvalue weighted by Crippen LogP contribution is 2.23. The van der Waals surface area contributed by atoms with Gasteiger partial charge in [0.1, 0.15) is 0 Å². The van der Waals surface area contributed by atoms with Crippen molar-refractivity contribution in [2.24, 2.45) is 0 Å². The second kappa shape index (κ2) is 5.90. The summed E-state index contributed by atoms with van der Waals surface area (Å²) in [6.07, 6.45) is 0.0715. The molecule has 0 aliphatic carbocycles. The summed E-state index contributed by atoms with van der Waals surface area (Å²) in [4.78, 5) is 15.1. The highest BCUT2D eigenvalue weighted by molar-refractivity contribution is 7.91. The first kappa shape index (κ1) is 14.6. The predicted octanol–water partition coefficient (Wildman–Crippen LogP) is 0.464. The molecule has 0 fully saturated rings. The Hall–Kier alpha value is -1.50. The molecule has 0 N–H and O–H groups in total. The van der Waals surface area contributed by atoms with E-state index < -0.39 is 16.0 Å². The fourth-order valence-electron chi connectivity index (χ4n) is 1.12. The molecule has 0 amide bonds. The fraction of sp³-hybridized carbons (Fsp3) is 0.444. The minimum absolute atomic E-state index is 0.0529. The van der Waals surface area contributed by atoms with Crippen LogP contribution in [0.3, 0.4) is 0 Å². The molecule has 1 aromatic rings. The van der Waals surface area contributed by atoms with Crippen LogP contribution in [-0.2, 0) is 14.8 Å². The van der Waals surface area contributed by atoms with Crippen LogP contribution in [0.15, 0.2) is 9.72 Å². The molecule has 9 heteroatoms. The van der Waals surface area contributed by atoms with Crippen molar-refractivity contribution in [3.05, 3.63) is 11.2 Å². The lowest BCUT2D eigenvalue weighted by Gasteiger charge is -2.14. The molecule has 0 unspecified atom stereocenters. The van der Waals surface area contributed by atoms with E-state index in [1.54, 1.807) is 0 Å². The first-order chi connectivity index (χ1) is 8.45. The summed E-state index contributed by atoms with van der Waals surface area (Å²) in [5.74, 6) is -0.802. The number of esters is 1. The van der Waals surface area contributed by atoms with E-state index in [4.69, 9.17) is 5.26 Å². The van der Waals surface area contributed by atoms with Crippen LogP contribution in [0.5, 0.6) is 0 Å². The largest absolute Gasteiger partial charge is 0.464 e. The molecular formula is C9H11N3O4S2. The number of aromatic nitrogens is 1. The molecule has 1 rings (SSSR count). The Bertz CT molecular complexity index is 573. The van der Waals surface area contributed by atoms with Gasteiger partial charge in [-0.05, 0) is 0 Å². The van der Waals surface area contributed by atoms with Gasteiger partial charge in [-0.1, -0.05) is 0 Å². The van der Waals surface area contributed by atoms with E-state index in [0.29, 0.717) is 0 Å². The van der Waals surface area contributed by atoms with Crippen LogP contribution >= 0.6 is 11.3 Å². The molecule has 0 saturated heterocycles. The van der Waals surface area contributed by atoms with E-state index in [2.05, 4.69) is 9.72 Å². The Morgan fingerprint density at radius 3 is 2.89 bits per heavy atom. The quantitative estimate of drug-likeness (QED) is 0.730. The molecule has 0 saturated carbocycles. The maximum atomic E-state index is 12.1. The third-order valence-electron chi connectivity index (χ3n) is 2.10. The lowest BCUT2D eigenvalue weighted by Crippen LogP contribution is -2.28. The summed E-state index contributed by atoms with van der Waals surface area (Å²) in [5.41, 5.74) is 1.03. The Morgan fingerprint density at radius 2 is 2.33 bits per heavy atom. The van der Waals surface area contributed by atoms with Gasteiger partial charge in [-0.15, -0.1) is 11.3 Å². The van der Waals surface area contributed by atoms with E-state index in [0.717, 1.165) is 22.8 Å². The minimum atomic E-state index is -3.82. The molecule has 0 aliphatic heterocycles. The Labute approximate surface area is 109 Å². The summed E-state index contributed by atoms with van der Waals surface area (Å²) in [5, 5.41) is 8.44. The van der Waals surface area contributed by atoms with Gasteiger partial charge >= 0.3 is 5.97 Å². The zero-order valence-electron chi connectivity index (χ0n) is 9.78. The molecule has 1 aromatic heterocycles. The average molecular weight is 289 g/mol. The van der Waals surface area contributed by atoms with Gasteiger partial charge in [-0.3, -0.25) is 0 Å². The van der Waals surface area contributed by atoms with Gasteiger partial charge in [0, 0.05) is 20.0 Å². The topological polar surface area (TPSA) is 100 Å². The van der Waals surface area contributed by atoms with Crippen LogP contribution in [0.2, 0.25) is 0 Å². The van der Waals surface area contributed by atoms with Crippen molar-refractivity contribution in [3.63, 3.8) is 0 Å². The van der Waals surface area contributed by atoms with Gasteiger partial charge in [0.05, 0.1) is 18.7 Å². The number of carbonyl (C=O) groups is 1. The van der Waals surface area contributed by atoms with E-state index in [-0.39, 0.29) is 22.9 Å². The van der Waals surface area contributed by atoms with Crippen LogP contribution < -0.4 is 0 Å². The predicted molar refractivity (Wildman–Crippen MR) is 63.5 cm³/mol. The third-order valence-corrected chi connectivity index (χ3v) is 5.30. The summed E-state index contributed by atoms with van der Waals surface area (Å²) in [6.45, 7) is 0.0529. The number of rotatable bonds is 5. The van der Waals surface area contributed by atoms with Gasteiger partial charge in [0.25, 0.3) is 10.0 Å². The molecule has 18 heavy (non-hydrogen) atoms. The first-order valence-corrected chi connectivity index (χ1v) is 7.12. The second-order valence-corrected chi connectivity index (χ2v) is 6.31. The van der Waals surface area contributed by atoms with E-state index in [1.807, 2.05) is 6.07 Å². The maximum absolute atomic E-state index is 12.1. The Morgan fingerprint density at radius 1 is 1.67 bits per heavy atom. The van der Waals surface area contributed by atoms with Crippen molar-refractivity contribution >= 4 is 27.3 Å². The van der Waals surface area contributed by atoms with Crippen molar-refractivity contribution in [1.82, 2.24) is 9.29 Å². The van der Waals surface area contributed by atoms with E-state index in [1.165, 1.54) is 12.6 Å². The third kappa shape index (κ3) is 2.84. The second-order valence-electron chi connectivity index (χ2n) is 3.21. The van der Waals surface area contributed by atoms with E-state index in [9.17, 15) is 13.2 Å². The number of ether oxygens (including phenoxy) is 1. The molecule has 7 nitrogen and oxygen atoms in total. The van der Waals surface area contributed by atoms with Crippen LogP contribution in [0.1, 0.15) is 16.9 Å². The summed E-state index contributed by atoms with van der Waals surface area (Å²) in [6, 6.07) is 1.85. The van der Waals surface area contributed by atoms with Crippen molar-refractivity contribution in [1.29, 1.82) is 5.26 Å². The van der Waals surface area contributed by atoms with Crippen molar-refractivity contribution in [2.75, 3.05) is 20.7 Å². The SMILES string of the molecule is COC(=O)c1ncsc1S(=O)(=O)N(C)CCC#N. The van der Waals surface area contributed by atoms with Crippen LogP contribution in [0, 0.1) is 11.3 Å². The highest BCUT2D eigenvalue weighted by atomic mass is 32.2. The molecule has 0 bridgehead atoms. The fourth-order valence-corrected chi connectivity index (χ4v) is 3.61. The van der Waals surface area contributed by atoms with Gasteiger partial charge < -0.3 is 4.74 Å². The minimum Gasteiger partial charge on any atom is -0.464 e. The van der Waals surface area contributed by atoms with Gasteiger partial charge in [-0.2, -0.15) is 9.57 Å². The zero-order valence-corrected chi connectivity index (χ0v) is 11.4. The smallest absolute Gasteiger partial charge is 0.358 e. The standard InChI is InChI=1S/C9H11N3O4S2/c1-12(5-3-4-10)18(14,15)9-7(8(13)16-2)11-6-17-9/h6H,3,5H2,1-2H3. The number of nitrogens with zero attached hydrogens (tertiary/aromatic N) is 3. The number of carbonyl (C=O) groups excluding carboxylic acids is 1. The van der Waals surface area contributed by atoms with Gasteiger partial charge in [0.2, 0.25) is 0 Å². The van der Waals surface area contributed by atoms with Crippen molar-refractivity contribution in [2.45, 2.75) is 10.6 Å². The Balaban J connectivity index is 3.10. The van der Waals surface area contributed by atoms with Crippen molar-refractivity contribution < 1.29 is 17.9 Å². The maximum Gasteiger partial charge on any atom is 0.358 e. The molecule has 0 atom stereocenters. The van der Waals surface area contributed by atoms with Gasteiger partial charge in [0.15, 0.2) is 9.90 Å². The zero-order chi connectivity index (χ0) is 13.8. The van der Waals surface area contributed by atoms with Gasteiger partial charge in [-0.25, -0.2) is 18.2 Å². The molecule has 0 aromatic carbocycles. The normalized spacial score (nSPS) is 11.2. The van der Waals surface area contributed by atoms with Crippen LogP contribution in [0.25, 0.3) is 0 Å². The molecule has 0 radical (unpaired) electrons. The molecular weight excluding hydrogens is 278 g/mol.